The molecule has 0 saturated heterocycles. The van der Waals surface area contributed by atoms with Gasteiger partial charge in [-0.15, -0.1) is 0 Å². The number of anilines is 2. The highest BCUT2D eigenvalue weighted by Crippen LogP contribution is 2.31. The van der Waals surface area contributed by atoms with Gasteiger partial charge in [-0.1, -0.05) is 0 Å². The van der Waals surface area contributed by atoms with Gasteiger partial charge in [0.25, 0.3) is 0 Å². The summed E-state index contributed by atoms with van der Waals surface area (Å²) in [5, 5.41) is 0. The molecular formula is C16H22N4O3. The summed E-state index contributed by atoms with van der Waals surface area (Å²) < 4.78 is 16.3. The molecule has 0 radical (unpaired) electrons. The Morgan fingerprint density at radius 1 is 1.13 bits per heavy atom. The molecular weight excluding hydrogens is 296 g/mol. The van der Waals surface area contributed by atoms with E-state index >= 15 is 0 Å². The van der Waals surface area contributed by atoms with Crippen LogP contribution in [-0.4, -0.2) is 30.5 Å². The van der Waals surface area contributed by atoms with E-state index in [9.17, 15) is 0 Å². The first-order chi connectivity index (χ1) is 11.0. The Labute approximate surface area is 135 Å². The lowest BCUT2D eigenvalue weighted by molar-refractivity contribution is 0.0504. The lowest BCUT2D eigenvalue weighted by Gasteiger charge is -2.15. The third kappa shape index (κ3) is 4.23. The van der Waals surface area contributed by atoms with E-state index in [4.69, 9.17) is 25.7 Å². The summed E-state index contributed by atoms with van der Waals surface area (Å²) in [5.41, 5.74) is 14.1. The number of methoxy groups -OCH3 is 1. The third-order valence-electron chi connectivity index (χ3n) is 3.32. The maximum Gasteiger partial charge on any atom is 0.221 e. The zero-order valence-corrected chi connectivity index (χ0v) is 13.6. The Morgan fingerprint density at radius 3 is 2.43 bits per heavy atom. The van der Waals surface area contributed by atoms with Gasteiger partial charge in [0.15, 0.2) is 6.79 Å². The van der Waals surface area contributed by atoms with Crippen molar-refractivity contribution in [3.8, 4) is 11.5 Å². The Bertz CT molecular complexity index is 677. The van der Waals surface area contributed by atoms with Gasteiger partial charge in [-0.2, -0.15) is 4.98 Å². The summed E-state index contributed by atoms with van der Waals surface area (Å²) in [6.07, 6.45) is 2.18. The molecule has 0 unspecified atom stereocenters. The monoisotopic (exact) mass is 318 g/mol. The standard InChI is InChI=1S/C16H22N4O3/c1-4-22-13-6-11(7-14(10(13)2)23-9-21-3)5-12-8-19-16(18)20-15(12)17/h6-8H,4-5,9H2,1-3H3,(H4,17,18,19,20). The van der Waals surface area contributed by atoms with Crippen molar-refractivity contribution in [1.82, 2.24) is 9.97 Å². The van der Waals surface area contributed by atoms with Crippen LogP contribution >= 0.6 is 0 Å². The molecule has 0 aliphatic heterocycles. The minimum atomic E-state index is 0.161. The van der Waals surface area contributed by atoms with Crippen molar-refractivity contribution < 1.29 is 14.2 Å². The van der Waals surface area contributed by atoms with E-state index in [1.165, 1.54) is 0 Å². The highest BCUT2D eigenvalue weighted by atomic mass is 16.7. The van der Waals surface area contributed by atoms with E-state index in [0.717, 1.165) is 22.4 Å². The van der Waals surface area contributed by atoms with E-state index in [-0.39, 0.29) is 12.7 Å². The predicted octanol–water partition coefficient (Wildman–Crippen LogP) is 1.92. The number of hydrogen-bond acceptors (Lipinski definition) is 7. The van der Waals surface area contributed by atoms with Crippen LogP contribution in [0, 0.1) is 6.92 Å². The van der Waals surface area contributed by atoms with Gasteiger partial charge in [-0.05, 0) is 31.5 Å². The molecule has 2 aromatic rings. The molecule has 2 rings (SSSR count). The number of aromatic nitrogens is 2. The minimum absolute atomic E-state index is 0.161. The Hall–Kier alpha value is -2.54. The van der Waals surface area contributed by atoms with E-state index in [0.29, 0.717) is 24.6 Å². The van der Waals surface area contributed by atoms with Crippen LogP contribution in [0.3, 0.4) is 0 Å². The highest BCUT2D eigenvalue weighted by molar-refractivity contribution is 5.50. The van der Waals surface area contributed by atoms with Crippen molar-refractivity contribution in [2.24, 2.45) is 0 Å². The van der Waals surface area contributed by atoms with Crippen LogP contribution in [0.4, 0.5) is 11.8 Å². The van der Waals surface area contributed by atoms with Gasteiger partial charge in [0.1, 0.15) is 17.3 Å². The van der Waals surface area contributed by atoms with Crippen molar-refractivity contribution in [3.63, 3.8) is 0 Å². The molecule has 7 heteroatoms. The molecule has 0 aliphatic rings. The molecule has 0 saturated carbocycles. The number of ether oxygens (including phenoxy) is 3. The van der Waals surface area contributed by atoms with Crippen LogP contribution < -0.4 is 20.9 Å². The van der Waals surface area contributed by atoms with Crippen molar-refractivity contribution in [2.45, 2.75) is 20.3 Å². The predicted molar refractivity (Wildman–Crippen MR) is 88.5 cm³/mol. The van der Waals surface area contributed by atoms with Crippen LogP contribution in [0.25, 0.3) is 0 Å². The summed E-state index contributed by atoms with van der Waals surface area (Å²) in [6.45, 7) is 4.62. The van der Waals surface area contributed by atoms with E-state index in [1.807, 2.05) is 26.0 Å². The largest absolute Gasteiger partial charge is 0.493 e. The minimum Gasteiger partial charge on any atom is -0.493 e. The van der Waals surface area contributed by atoms with Gasteiger partial charge >= 0.3 is 0 Å². The quantitative estimate of drug-likeness (QED) is 0.751. The lowest BCUT2D eigenvalue weighted by Crippen LogP contribution is -2.06. The van der Waals surface area contributed by atoms with Crippen LogP contribution in [0.5, 0.6) is 11.5 Å². The molecule has 7 nitrogen and oxygen atoms in total. The first kappa shape index (κ1) is 16.8. The van der Waals surface area contributed by atoms with Gasteiger partial charge in [-0.3, -0.25) is 0 Å². The summed E-state index contributed by atoms with van der Waals surface area (Å²) in [7, 11) is 1.58. The first-order valence-electron chi connectivity index (χ1n) is 7.30. The molecule has 124 valence electrons. The second-order valence-corrected chi connectivity index (χ2v) is 5.02. The van der Waals surface area contributed by atoms with Gasteiger partial charge in [-0.25, -0.2) is 4.98 Å². The van der Waals surface area contributed by atoms with Crippen molar-refractivity contribution >= 4 is 11.8 Å². The van der Waals surface area contributed by atoms with Crippen molar-refractivity contribution in [2.75, 3.05) is 32.0 Å². The Kier molecular flexibility index (Phi) is 5.59. The second-order valence-electron chi connectivity index (χ2n) is 5.02. The molecule has 1 aromatic heterocycles. The zero-order valence-electron chi connectivity index (χ0n) is 13.6. The fourth-order valence-electron chi connectivity index (χ4n) is 2.19. The summed E-state index contributed by atoms with van der Waals surface area (Å²) >= 11 is 0. The maximum atomic E-state index is 5.90. The van der Waals surface area contributed by atoms with Crippen molar-refractivity contribution in [1.29, 1.82) is 0 Å². The van der Waals surface area contributed by atoms with Gasteiger partial charge in [0.05, 0.1) is 6.61 Å². The van der Waals surface area contributed by atoms with Crippen LogP contribution in [-0.2, 0) is 11.2 Å². The molecule has 1 aromatic carbocycles. The smallest absolute Gasteiger partial charge is 0.221 e. The summed E-state index contributed by atoms with van der Waals surface area (Å²) in [6, 6.07) is 3.90. The molecule has 0 bridgehead atoms. The molecule has 0 atom stereocenters. The zero-order chi connectivity index (χ0) is 16.8. The average molecular weight is 318 g/mol. The Morgan fingerprint density at radius 2 is 1.83 bits per heavy atom. The van der Waals surface area contributed by atoms with E-state index < -0.39 is 0 Å². The number of rotatable bonds is 7. The fourth-order valence-corrected chi connectivity index (χ4v) is 2.19. The van der Waals surface area contributed by atoms with E-state index in [1.54, 1.807) is 13.3 Å². The summed E-state index contributed by atoms with van der Waals surface area (Å²) in [5.74, 6) is 2.01. The lowest BCUT2D eigenvalue weighted by atomic mass is 10.0. The average Bonchev–Trinajstić information content (AvgIpc) is 2.52. The maximum absolute atomic E-state index is 5.90. The number of nitrogen functional groups attached to an aromatic ring is 2. The molecule has 23 heavy (non-hydrogen) atoms. The highest BCUT2D eigenvalue weighted by Gasteiger charge is 2.12. The molecule has 0 aliphatic carbocycles. The normalized spacial score (nSPS) is 10.6. The van der Waals surface area contributed by atoms with Crippen LogP contribution in [0.1, 0.15) is 23.6 Å². The van der Waals surface area contributed by atoms with Crippen LogP contribution in [0.2, 0.25) is 0 Å². The van der Waals surface area contributed by atoms with Gasteiger partial charge in [0, 0.05) is 30.9 Å². The topological polar surface area (TPSA) is 106 Å². The molecule has 4 N–H and O–H groups in total. The van der Waals surface area contributed by atoms with Gasteiger partial charge in [0.2, 0.25) is 5.95 Å². The number of nitrogens with two attached hydrogens (primary N) is 2. The third-order valence-corrected chi connectivity index (χ3v) is 3.32. The SMILES string of the molecule is CCOc1cc(Cc2cnc(N)nc2N)cc(OCOC)c1C. The number of hydrogen-bond donors (Lipinski definition) is 2. The van der Waals surface area contributed by atoms with E-state index in [2.05, 4.69) is 9.97 Å². The van der Waals surface area contributed by atoms with Crippen molar-refractivity contribution in [3.05, 3.63) is 35.0 Å². The summed E-state index contributed by atoms with van der Waals surface area (Å²) in [4.78, 5) is 7.97. The molecule has 1 heterocycles. The number of benzene rings is 1. The first-order valence-corrected chi connectivity index (χ1v) is 7.30. The second kappa shape index (κ2) is 7.64. The fraction of sp³-hybridized carbons (Fsp3) is 0.375. The molecule has 0 fully saturated rings. The van der Waals surface area contributed by atoms with Crippen LogP contribution in [0.15, 0.2) is 18.3 Å². The number of nitrogens with zero attached hydrogens (tertiary/aromatic N) is 2. The molecule has 0 spiro atoms. The Balaban J connectivity index is 2.34. The molecule has 0 amide bonds. The van der Waals surface area contributed by atoms with Gasteiger partial charge < -0.3 is 25.7 Å².